The van der Waals surface area contributed by atoms with E-state index in [1.807, 2.05) is 30.1 Å². The van der Waals surface area contributed by atoms with Gasteiger partial charge in [-0.2, -0.15) is 5.10 Å². The van der Waals surface area contributed by atoms with Gasteiger partial charge in [0.2, 0.25) is 0 Å². The van der Waals surface area contributed by atoms with Crippen molar-refractivity contribution in [1.29, 1.82) is 0 Å². The zero-order valence-corrected chi connectivity index (χ0v) is 29.5. The number of ether oxygens (including phenoxy) is 1. The van der Waals surface area contributed by atoms with Crippen molar-refractivity contribution in [1.82, 2.24) is 19.3 Å². The van der Waals surface area contributed by atoms with E-state index in [0.717, 1.165) is 65.4 Å². The number of benzene rings is 4. The van der Waals surface area contributed by atoms with Gasteiger partial charge >= 0.3 is 0 Å². The van der Waals surface area contributed by atoms with Gasteiger partial charge < -0.3 is 4.74 Å². The highest BCUT2D eigenvalue weighted by Crippen LogP contribution is 2.39. The number of aryl methyl sites for hydroxylation is 4. The summed E-state index contributed by atoms with van der Waals surface area (Å²) in [5.74, 6) is 2.44. The maximum atomic E-state index is 6.60. The molecule has 48 heavy (non-hydrogen) atoms. The summed E-state index contributed by atoms with van der Waals surface area (Å²) in [6.45, 7) is 11.1. The molecule has 0 saturated heterocycles. The van der Waals surface area contributed by atoms with Gasteiger partial charge in [0.15, 0.2) is 0 Å². The second kappa shape index (κ2) is 13.4. The van der Waals surface area contributed by atoms with E-state index in [1.165, 1.54) is 49.2 Å². The fraction of sp³-hybridized carbons (Fsp3) is 0.238. The Morgan fingerprint density at radius 3 is 2.15 bits per heavy atom. The standard InChI is InChI=1S/C42H42N4OS/c1-7-28-23-33(48-6)24-29(8-2)41(28)42-36(9-3)44-46(37(42)10-4)30-14-13-15-31(25-30)47-32-18-19-35-34-16-11-12-17-38(34)45(39(35)26-32)40-22-27(5)20-21-43-40/h11-26H,7-10H2,1-6H3. The molecule has 0 radical (unpaired) electrons. The summed E-state index contributed by atoms with van der Waals surface area (Å²) in [5.41, 5.74) is 12.2. The Morgan fingerprint density at radius 2 is 1.44 bits per heavy atom. The molecule has 0 atom stereocenters. The Morgan fingerprint density at radius 1 is 0.688 bits per heavy atom. The van der Waals surface area contributed by atoms with Crippen LogP contribution in [-0.2, 0) is 25.7 Å². The lowest BCUT2D eigenvalue weighted by molar-refractivity contribution is 0.482. The van der Waals surface area contributed by atoms with E-state index in [-0.39, 0.29) is 0 Å². The molecule has 0 saturated carbocycles. The molecule has 0 bridgehead atoms. The molecule has 0 N–H and O–H groups in total. The first kappa shape index (κ1) is 31.8. The first-order chi connectivity index (χ1) is 23.5. The van der Waals surface area contributed by atoms with Crippen LogP contribution in [0.15, 0.2) is 102 Å². The summed E-state index contributed by atoms with van der Waals surface area (Å²) >= 11 is 1.82. The van der Waals surface area contributed by atoms with E-state index in [9.17, 15) is 0 Å². The quantitative estimate of drug-likeness (QED) is 0.138. The van der Waals surface area contributed by atoms with Gasteiger partial charge in [0.25, 0.3) is 0 Å². The molecule has 3 heterocycles. The molecule has 0 spiro atoms. The summed E-state index contributed by atoms with van der Waals surface area (Å²) in [5, 5.41) is 7.61. The molecule has 4 aromatic carbocycles. The Labute approximate surface area is 287 Å². The predicted molar refractivity (Wildman–Crippen MR) is 202 cm³/mol. The lowest BCUT2D eigenvalue weighted by Gasteiger charge is -2.17. The Bertz CT molecular complexity index is 2250. The van der Waals surface area contributed by atoms with Crippen LogP contribution in [0.3, 0.4) is 0 Å². The third-order valence-corrected chi connectivity index (χ3v) is 10.0. The van der Waals surface area contributed by atoms with Crippen LogP contribution in [0, 0.1) is 6.92 Å². The third-order valence-electron chi connectivity index (χ3n) is 9.32. The molecule has 7 aromatic rings. The van der Waals surface area contributed by atoms with Crippen molar-refractivity contribution in [2.75, 3.05) is 6.26 Å². The van der Waals surface area contributed by atoms with Crippen molar-refractivity contribution < 1.29 is 4.74 Å². The number of nitrogens with zero attached hydrogens (tertiary/aromatic N) is 4. The predicted octanol–water partition coefficient (Wildman–Crippen LogP) is 11.1. The first-order valence-corrected chi connectivity index (χ1v) is 18.3. The van der Waals surface area contributed by atoms with Gasteiger partial charge in [-0.1, -0.05) is 52.0 Å². The van der Waals surface area contributed by atoms with Crippen molar-refractivity contribution in [3.63, 3.8) is 0 Å². The van der Waals surface area contributed by atoms with Gasteiger partial charge in [-0.25, -0.2) is 9.67 Å². The van der Waals surface area contributed by atoms with Gasteiger partial charge in [0.05, 0.1) is 28.1 Å². The zero-order chi connectivity index (χ0) is 33.4. The minimum atomic E-state index is 0.771. The third kappa shape index (κ3) is 5.58. The van der Waals surface area contributed by atoms with E-state index in [1.54, 1.807) is 0 Å². The van der Waals surface area contributed by atoms with E-state index >= 15 is 0 Å². The lowest BCUT2D eigenvalue weighted by atomic mass is 9.89. The summed E-state index contributed by atoms with van der Waals surface area (Å²) in [6, 6.07) is 32.1. The SMILES string of the molecule is CCc1cc(SC)cc(CC)c1-c1c(CC)nn(-c2cccc(Oc3ccc4c5ccccc5n(-c5cc(C)ccn5)c4c3)c2)c1CC. The molecule has 0 unspecified atom stereocenters. The van der Waals surface area contributed by atoms with Crippen LogP contribution in [0.1, 0.15) is 55.8 Å². The van der Waals surface area contributed by atoms with Gasteiger partial charge in [0.1, 0.15) is 17.3 Å². The molecule has 3 aromatic heterocycles. The molecule has 0 aliphatic heterocycles. The maximum Gasteiger partial charge on any atom is 0.137 e. The number of thioether (sulfide) groups is 1. The number of hydrogen-bond acceptors (Lipinski definition) is 4. The lowest BCUT2D eigenvalue weighted by Crippen LogP contribution is -2.03. The summed E-state index contributed by atoms with van der Waals surface area (Å²) < 4.78 is 11.0. The summed E-state index contributed by atoms with van der Waals surface area (Å²) in [4.78, 5) is 6.07. The van der Waals surface area contributed by atoms with E-state index in [2.05, 4.69) is 129 Å². The number of aromatic nitrogens is 4. The normalized spacial score (nSPS) is 11.5. The van der Waals surface area contributed by atoms with Crippen LogP contribution in [0.5, 0.6) is 11.5 Å². The smallest absolute Gasteiger partial charge is 0.137 e. The zero-order valence-electron chi connectivity index (χ0n) is 28.7. The molecule has 0 aliphatic carbocycles. The Hall–Kier alpha value is -4.81. The number of para-hydroxylation sites is 1. The first-order valence-electron chi connectivity index (χ1n) is 17.0. The average molecular weight is 651 g/mol. The molecule has 6 heteroatoms. The van der Waals surface area contributed by atoms with Gasteiger partial charge in [-0.3, -0.25) is 4.57 Å². The van der Waals surface area contributed by atoms with Crippen molar-refractivity contribution in [3.8, 4) is 34.1 Å². The summed E-state index contributed by atoms with van der Waals surface area (Å²) in [7, 11) is 0. The molecule has 242 valence electrons. The minimum absolute atomic E-state index is 0.771. The van der Waals surface area contributed by atoms with Crippen molar-refractivity contribution >= 4 is 33.6 Å². The number of fused-ring (bicyclic) bond motifs is 3. The molecule has 0 fully saturated rings. The van der Waals surface area contributed by atoms with Crippen LogP contribution in [0.2, 0.25) is 0 Å². The molecule has 7 rings (SSSR count). The van der Waals surface area contributed by atoms with Crippen LogP contribution < -0.4 is 4.74 Å². The topological polar surface area (TPSA) is 44.9 Å². The van der Waals surface area contributed by atoms with Crippen LogP contribution >= 0.6 is 11.8 Å². The van der Waals surface area contributed by atoms with Crippen molar-refractivity contribution in [3.05, 3.63) is 125 Å². The largest absolute Gasteiger partial charge is 0.457 e. The maximum absolute atomic E-state index is 6.60. The van der Waals surface area contributed by atoms with E-state index < -0.39 is 0 Å². The Balaban J connectivity index is 1.31. The molecular formula is C42H42N4OS. The average Bonchev–Trinajstić information content (AvgIpc) is 3.66. The number of hydrogen-bond donors (Lipinski definition) is 0. The Kier molecular flexibility index (Phi) is 8.84. The fourth-order valence-corrected chi connectivity index (χ4v) is 7.55. The van der Waals surface area contributed by atoms with E-state index in [0.29, 0.717) is 0 Å². The van der Waals surface area contributed by atoms with E-state index in [4.69, 9.17) is 14.8 Å². The molecular weight excluding hydrogens is 609 g/mol. The number of rotatable bonds is 10. The summed E-state index contributed by atoms with van der Waals surface area (Å²) in [6.07, 6.45) is 7.75. The van der Waals surface area contributed by atoms with Crippen molar-refractivity contribution in [2.24, 2.45) is 0 Å². The fourth-order valence-electron chi connectivity index (χ4n) is 7.03. The van der Waals surface area contributed by atoms with Crippen molar-refractivity contribution in [2.45, 2.75) is 65.2 Å². The highest BCUT2D eigenvalue weighted by Gasteiger charge is 2.23. The minimum Gasteiger partial charge on any atom is -0.457 e. The highest BCUT2D eigenvalue weighted by atomic mass is 32.2. The number of pyridine rings is 1. The van der Waals surface area contributed by atoms with Crippen LogP contribution in [0.25, 0.3) is 44.4 Å². The van der Waals surface area contributed by atoms with Gasteiger partial charge in [-0.15, -0.1) is 11.8 Å². The second-order valence-electron chi connectivity index (χ2n) is 12.2. The van der Waals surface area contributed by atoms with Gasteiger partial charge in [-0.05, 0) is 116 Å². The second-order valence-corrected chi connectivity index (χ2v) is 13.1. The van der Waals surface area contributed by atoms with Crippen LogP contribution in [0.4, 0.5) is 0 Å². The monoisotopic (exact) mass is 650 g/mol. The highest BCUT2D eigenvalue weighted by molar-refractivity contribution is 7.98. The van der Waals surface area contributed by atoms with Crippen LogP contribution in [-0.4, -0.2) is 25.6 Å². The molecule has 0 amide bonds. The van der Waals surface area contributed by atoms with Gasteiger partial charge in [0, 0.05) is 39.6 Å². The molecule has 0 aliphatic rings. The molecule has 5 nitrogen and oxygen atoms in total.